The summed E-state index contributed by atoms with van der Waals surface area (Å²) in [5.41, 5.74) is -1.99. The second-order valence-corrected chi connectivity index (χ2v) is 13.7. The fraction of sp³-hybridized carbons (Fsp3) is 0.643. The smallest absolute Gasteiger partial charge is 0.414 e. The molecule has 1 aromatic carbocycles. The zero-order chi connectivity index (χ0) is 32.1. The van der Waals surface area contributed by atoms with Gasteiger partial charge in [-0.2, -0.15) is 8.42 Å². The van der Waals surface area contributed by atoms with Gasteiger partial charge in [0.1, 0.15) is 17.7 Å². The third-order valence-electron chi connectivity index (χ3n) is 7.05. The summed E-state index contributed by atoms with van der Waals surface area (Å²) in [5, 5.41) is 17.8. The van der Waals surface area contributed by atoms with Crippen molar-refractivity contribution in [3.63, 3.8) is 0 Å². The molecular formula is C28H42N4O10S. The summed E-state index contributed by atoms with van der Waals surface area (Å²) in [6, 6.07) is 4.21. The third kappa shape index (κ3) is 9.53. The first-order chi connectivity index (χ1) is 20.0. The molecule has 1 saturated heterocycles. The number of benzene rings is 1. The molecule has 0 bridgehead atoms. The second-order valence-electron chi connectivity index (χ2n) is 12.2. The minimum atomic E-state index is -4.99. The van der Waals surface area contributed by atoms with Gasteiger partial charge in [0.25, 0.3) is 10.1 Å². The fourth-order valence-electron chi connectivity index (χ4n) is 5.08. The average molecular weight is 627 g/mol. The summed E-state index contributed by atoms with van der Waals surface area (Å²) in [7, 11) is -4.99. The fourth-order valence-corrected chi connectivity index (χ4v) is 5.67. The van der Waals surface area contributed by atoms with Crippen molar-refractivity contribution in [2.24, 2.45) is 11.8 Å². The predicted molar refractivity (Wildman–Crippen MR) is 155 cm³/mol. The van der Waals surface area contributed by atoms with Gasteiger partial charge in [-0.3, -0.25) is 19.0 Å². The van der Waals surface area contributed by atoms with E-state index in [9.17, 15) is 37.3 Å². The molecule has 0 aromatic heterocycles. The minimum Gasteiger partial charge on any atom is -0.443 e. The van der Waals surface area contributed by atoms with Crippen molar-refractivity contribution in [1.29, 1.82) is 0 Å². The van der Waals surface area contributed by atoms with Gasteiger partial charge in [-0.15, -0.1) is 0 Å². The number of hydrogen-bond donors (Lipinski definition) is 5. The molecule has 4 unspecified atom stereocenters. The number of aliphatic hydroxyl groups is 1. The lowest BCUT2D eigenvalue weighted by atomic mass is 9.97. The number of ether oxygens (including phenoxy) is 2. The van der Waals surface area contributed by atoms with Crippen LogP contribution in [0.3, 0.4) is 0 Å². The molecule has 0 aliphatic carbocycles. The van der Waals surface area contributed by atoms with Gasteiger partial charge in [-0.1, -0.05) is 32.0 Å². The number of anilines is 1. The zero-order valence-corrected chi connectivity index (χ0v) is 25.8. The summed E-state index contributed by atoms with van der Waals surface area (Å²) in [5.74, 6) is -1.97. The van der Waals surface area contributed by atoms with Crippen LogP contribution in [-0.4, -0.2) is 78.3 Å². The van der Waals surface area contributed by atoms with Gasteiger partial charge < -0.3 is 30.5 Å². The van der Waals surface area contributed by atoms with E-state index in [1.807, 2.05) is 13.8 Å². The van der Waals surface area contributed by atoms with E-state index < -0.39 is 63.4 Å². The van der Waals surface area contributed by atoms with Crippen LogP contribution in [0.25, 0.3) is 0 Å². The molecule has 0 radical (unpaired) electrons. The van der Waals surface area contributed by atoms with Gasteiger partial charge in [0.15, 0.2) is 0 Å². The molecule has 0 saturated carbocycles. The SMILES string of the molecule is CC(C)CC(NC(=O)OC1CCN(C(=O)OC(C)(C)C)c2ccccc21)C(=O)NC(C[C@@H]1CCNC1=O)C(O)S(=O)(=O)O. The Kier molecular flexibility index (Phi) is 11.0. The van der Waals surface area contributed by atoms with Crippen LogP contribution in [0, 0.1) is 11.8 Å². The first-order valence-corrected chi connectivity index (χ1v) is 15.8. The maximum absolute atomic E-state index is 13.3. The summed E-state index contributed by atoms with van der Waals surface area (Å²) < 4.78 is 44.1. The number of aliphatic hydroxyl groups excluding tert-OH is 1. The maximum Gasteiger partial charge on any atom is 0.414 e. The number of nitrogens with one attached hydrogen (secondary N) is 3. The summed E-state index contributed by atoms with van der Waals surface area (Å²) in [6.07, 6.45) is -1.69. The lowest BCUT2D eigenvalue weighted by molar-refractivity contribution is -0.126. The molecule has 1 fully saturated rings. The standard InChI is InChI=1S/C28H42N4O10S/c1-16(2)14-19(24(34)30-20(25(35)43(38,39)40)15-17-10-12-29-23(17)33)31-26(36)41-22-11-13-32(27(37)42-28(3,4)5)21-9-7-6-8-18(21)22/h6-9,16-17,19-20,22,25,35H,10-15H2,1-5H3,(H,29,33)(H,30,34)(H,31,36)(H,38,39,40)/t17-,19?,20?,22?,25?/m0/s1. The molecule has 3 rings (SSSR count). The van der Waals surface area contributed by atoms with Gasteiger partial charge in [0.05, 0.1) is 11.7 Å². The molecular weight excluding hydrogens is 584 g/mol. The van der Waals surface area contributed by atoms with Crippen molar-refractivity contribution in [2.45, 2.75) is 89.5 Å². The number of fused-ring (bicyclic) bond motifs is 1. The van der Waals surface area contributed by atoms with Crippen LogP contribution < -0.4 is 20.9 Å². The van der Waals surface area contributed by atoms with E-state index in [0.717, 1.165) is 0 Å². The van der Waals surface area contributed by atoms with Crippen LogP contribution in [0.15, 0.2) is 24.3 Å². The molecule has 2 heterocycles. The third-order valence-corrected chi connectivity index (χ3v) is 7.99. The van der Waals surface area contributed by atoms with Crippen molar-refractivity contribution in [2.75, 3.05) is 18.0 Å². The molecule has 15 heteroatoms. The molecule has 2 aliphatic rings. The Hall–Kier alpha value is -3.43. The zero-order valence-electron chi connectivity index (χ0n) is 25.0. The van der Waals surface area contributed by atoms with E-state index in [1.54, 1.807) is 45.0 Å². The molecule has 0 spiro atoms. The van der Waals surface area contributed by atoms with Crippen molar-refractivity contribution >= 4 is 39.8 Å². The Morgan fingerprint density at radius 2 is 1.81 bits per heavy atom. The van der Waals surface area contributed by atoms with Crippen molar-refractivity contribution < 1.29 is 46.7 Å². The highest BCUT2D eigenvalue weighted by Gasteiger charge is 2.38. The number of para-hydroxylation sites is 1. The number of carbonyl (C=O) groups is 4. The normalized spacial score (nSPS) is 20.8. The quantitative estimate of drug-likeness (QED) is 0.240. The van der Waals surface area contributed by atoms with Crippen LogP contribution in [0.4, 0.5) is 15.3 Å². The van der Waals surface area contributed by atoms with E-state index in [-0.39, 0.29) is 37.6 Å². The molecule has 240 valence electrons. The topological polar surface area (TPSA) is 201 Å². The number of nitrogens with zero attached hydrogens (tertiary/aromatic N) is 1. The van der Waals surface area contributed by atoms with Gasteiger partial charge >= 0.3 is 12.2 Å². The molecule has 1 aromatic rings. The highest BCUT2D eigenvalue weighted by atomic mass is 32.2. The summed E-state index contributed by atoms with van der Waals surface area (Å²) in [6.45, 7) is 9.47. The van der Waals surface area contributed by atoms with Crippen molar-refractivity contribution in [3.05, 3.63) is 29.8 Å². The maximum atomic E-state index is 13.3. The van der Waals surface area contributed by atoms with Gasteiger partial charge in [-0.25, -0.2) is 9.59 Å². The minimum absolute atomic E-state index is 0.0978. The monoisotopic (exact) mass is 626 g/mol. The van der Waals surface area contributed by atoms with E-state index in [1.165, 1.54) is 4.90 Å². The lowest BCUT2D eigenvalue weighted by Gasteiger charge is -2.35. The van der Waals surface area contributed by atoms with Gasteiger partial charge in [-0.05, 0) is 52.0 Å². The largest absolute Gasteiger partial charge is 0.443 e. The Bertz CT molecular complexity index is 1300. The first-order valence-electron chi connectivity index (χ1n) is 14.2. The number of hydrogen-bond acceptors (Lipinski definition) is 9. The highest BCUT2D eigenvalue weighted by molar-refractivity contribution is 7.86. The number of rotatable bonds is 10. The molecule has 14 nitrogen and oxygen atoms in total. The number of alkyl carbamates (subject to hydrolysis) is 1. The Morgan fingerprint density at radius 3 is 2.40 bits per heavy atom. The van der Waals surface area contributed by atoms with E-state index >= 15 is 0 Å². The van der Waals surface area contributed by atoms with Gasteiger partial charge in [0, 0.05) is 31.0 Å². The molecule has 2 aliphatic heterocycles. The average Bonchev–Trinajstić information content (AvgIpc) is 3.29. The Labute approximate surface area is 251 Å². The van der Waals surface area contributed by atoms with Crippen LogP contribution >= 0.6 is 0 Å². The van der Waals surface area contributed by atoms with Crippen LogP contribution in [0.2, 0.25) is 0 Å². The van der Waals surface area contributed by atoms with E-state index in [4.69, 9.17) is 9.47 Å². The Morgan fingerprint density at radius 1 is 1.14 bits per heavy atom. The summed E-state index contributed by atoms with van der Waals surface area (Å²) >= 11 is 0. The van der Waals surface area contributed by atoms with Crippen molar-refractivity contribution in [3.8, 4) is 0 Å². The highest BCUT2D eigenvalue weighted by Crippen LogP contribution is 2.36. The van der Waals surface area contributed by atoms with Crippen LogP contribution in [0.5, 0.6) is 0 Å². The summed E-state index contributed by atoms with van der Waals surface area (Å²) in [4.78, 5) is 52.7. The van der Waals surface area contributed by atoms with Gasteiger partial charge in [0.2, 0.25) is 17.3 Å². The lowest BCUT2D eigenvalue weighted by Crippen LogP contribution is -2.55. The van der Waals surface area contributed by atoms with Crippen LogP contribution in [0.1, 0.15) is 72.0 Å². The van der Waals surface area contributed by atoms with E-state index in [2.05, 4.69) is 16.0 Å². The number of carbonyl (C=O) groups excluding carboxylic acids is 4. The second kappa shape index (κ2) is 13.9. The Balaban J connectivity index is 1.74. The predicted octanol–water partition coefficient (Wildman–Crippen LogP) is 2.23. The number of amides is 4. The van der Waals surface area contributed by atoms with Crippen molar-refractivity contribution in [1.82, 2.24) is 16.0 Å². The molecule has 43 heavy (non-hydrogen) atoms. The van der Waals surface area contributed by atoms with Crippen LogP contribution in [-0.2, 0) is 29.2 Å². The molecule has 5 atom stereocenters. The molecule has 5 N–H and O–H groups in total. The first kappa shape index (κ1) is 34.1. The molecule has 4 amide bonds. The van der Waals surface area contributed by atoms with E-state index in [0.29, 0.717) is 24.2 Å².